The number of fused-ring (bicyclic) bond motifs is 5. The highest BCUT2D eigenvalue weighted by Gasteiger charge is 2.59. The SMILES string of the molecule is C[C@@H](OC(=O)c1ccccc1)[C@@H]1CC[C@@H]2[C@H]3CC=C4C[C@@H](OC(=O)c5ccccc5)CC[C@]4(C)[C@@H]3CC[C@@]21C. The van der Waals surface area contributed by atoms with Gasteiger partial charge in [-0.3, -0.25) is 0 Å². The largest absolute Gasteiger partial charge is 0.459 e. The van der Waals surface area contributed by atoms with Crippen LogP contribution in [-0.2, 0) is 9.47 Å². The van der Waals surface area contributed by atoms with Crippen LogP contribution in [0.1, 0.15) is 92.9 Å². The van der Waals surface area contributed by atoms with Crippen molar-refractivity contribution in [3.05, 3.63) is 83.4 Å². The summed E-state index contributed by atoms with van der Waals surface area (Å²) in [7, 11) is 0. The molecule has 0 amide bonds. The van der Waals surface area contributed by atoms with Crippen molar-refractivity contribution in [2.75, 3.05) is 0 Å². The minimum Gasteiger partial charge on any atom is -0.459 e. The second kappa shape index (κ2) is 10.3. The number of ether oxygens (including phenoxy) is 2. The van der Waals surface area contributed by atoms with E-state index in [1.807, 2.05) is 60.7 Å². The lowest BCUT2D eigenvalue weighted by Gasteiger charge is -2.58. The normalized spacial score (nSPS) is 36.0. The number of rotatable bonds is 5. The van der Waals surface area contributed by atoms with Crippen molar-refractivity contribution >= 4 is 11.9 Å². The first-order valence-corrected chi connectivity index (χ1v) is 15.0. The van der Waals surface area contributed by atoms with Crippen molar-refractivity contribution in [1.29, 1.82) is 0 Å². The molecule has 4 aliphatic rings. The van der Waals surface area contributed by atoms with E-state index >= 15 is 0 Å². The third kappa shape index (κ3) is 4.64. The minimum absolute atomic E-state index is 0.0292. The lowest BCUT2D eigenvalue weighted by molar-refractivity contribution is -0.0727. The predicted molar refractivity (Wildman–Crippen MR) is 152 cm³/mol. The maximum Gasteiger partial charge on any atom is 0.338 e. The van der Waals surface area contributed by atoms with Gasteiger partial charge in [0.15, 0.2) is 0 Å². The van der Waals surface area contributed by atoms with Crippen LogP contribution in [0.15, 0.2) is 72.3 Å². The van der Waals surface area contributed by atoms with Crippen LogP contribution in [0, 0.1) is 34.5 Å². The highest BCUT2D eigenvalue weighted by atomic mass is 16.5. The topological polar surface area (TPSA) is 52.6 Å². The second-order valence-electron chi connectivity index (χ2n) is 13.1. The van der Waals surface area contributed by atoms with E-state index in [-0.39, 0.29) is 35.0 Å². The fraction of sp³-hybridized carbons (Fsp3) is 0.543. The average molecular weight is 527 g/mol. The molecule has 0 aliphatic heterocycles. The summed E-state index contributed by atoms with van der Waals surface area (Å²) in [5.74, 6) is 2.03. The van der Waals surface area contributed by atoms with Gasteiger partial charge in [0.2, 0.25) is 0 Å². The van der Waals surface area contributed by atoms with Gasteiger partial charge in [0.1, 0.15) is 12.2 Å². The Kier molecular flexibility index (Phi) is 6.93. The summed E-state index contributed by atoms with van der Waals surface area (Å²) in [5.41, 5.74) is 3.19. The summed E-state index contributed by atoms with van der Waals surface area (Å²) in [4.78, 5) is 25.5. The van der Waals surface area contributed by atoms with Gasteiger partial charge in [-0.1, -0.05) is 61.9 Å². The van der Waals surface area contributed by atoms with Crippen molar-refractivity contribution in [2.45, 2.75) is 84.3 Å². The van der Waals surface area contributed by atoms with Gasteiger partial charge in [-0.25, -0.2) is 9.59 Å². The van der Waals surface area contributed by atoms with Gasteiger partial charge >= 0.3 is 11.9 Å². The lowest BCUT2D eigenvalue weighted by atomic mass is 9.47. The summed E-state index contributed by atoms with van der Waals surface area (Å²) >= 11 is 0. The quantitative estimate of drug-likeness (QED) is 0.292. The van der Waals surface area contributed by atoms with E-state index in [0.29, 0.717) is 34.8 Å². The maximum absolute atomic E-state index is 12.8. The Morgan fingerprint density at radius 2 is 1.49 bits per heavy atom. The van der Waals surface area contributed by atoms with Crippen molar-refractivity contribution < 1.29 is 19.1 Å². The van der Waals surface area contributed by atoms with Gasteiger partial charge in [-0.2, -0.15) is 0 Å². The average Bonchev–Trinajstić information content (AvgIpc) is 3.31. The Hall–Kier alpha value is -2.88. The van der Waals surface area contributed by atoms with Crippen LogP contribution >= 0.6 is 0 Å². The molecule has 8 atom stereocenters. The van der Waals surface area contributed by atoms with E-state index in [1.165, 1.54) is 24.8 Å². The van der Waals surface area contributed by atoms with Crippen LogP contribution < -0.4 is 0 Å². The molecule has 4 aliphatic carbocycles. The van der Waals surface area contributed by atoms with E-state index in [2.05, 4.69) is 26.8 Å². The molecule has 39 heavy (non-hydrogen) atoms. The van der Waals surface area contributed by atoms with E-state index in [4.69, 9.17) is 9.47 Å². The molecule has 0 saturated heterocycles. The molecule has 3 fully saturated rings. The van der Waals surface area contributed by atoms with Crippen LogP contribution in [0.5, 0.6) is 0 Å². The second-order valence-corrected chi connectivity index (χ2v) is 13.1. The fourth-order valence-electron chi connectivity index (χ4n) is 9.23. The monoisotopic (exact) mass is 526 g/mol. The zero-order valence-corrected chi connectivity index (χ0v) is 23.6. The number of allylic oxidation sites excluding steroid dienone is 1. The Balaban J connectivity index is 1.14. The molecule has 2 aromatic rings. The zero-order chi connectivity index (χ0) is 27.2. The minimum atomic E-state index is -0.203. The molecule has 6 rings (SSSR count). The molecule has 4 heteroatoms. The third-order valence-electron chi connectivity index (χ3n) is 11.3. The Bertz CT molecular complexity index is 1240. The highest BCUT2D eigenvalue weighted by molar-refractivity contribution is 5.89. The van der Waals surface area contributed by atoms with E-state index < -0.39 is 0 Å². The van der Waals surface area contributed by atoms with Gasteiger partial charge in [0.05, 0.1) is 11.1 Å². The molecule has 0 bridgehead atoms. The predicted octanol–water partition coefficient (Wildman–Crippen LogP) is 8.04. The van der Waals surface area contributed by atoms with Gasteiger partial charge in [-0.05, 0) is 105 Å². The highest BCUT2D eigenvalue weighted by Crippen LogP contribution is 2.66. The first-order chi connectivity index (χ1) is 18.8. The molecule has 0 heterocycles. The number of carbonyl (C=O) groups is 2. The van der Waals surface area contributed by atoms with Crippen molar-refractivity contribution in [1.82, 2.24) is 0 Å². The maximum atomic E-state index is 12.8. The number of benzene rings is 2. The summed E-state index contributed by atoms with van der Waals surface area (Å²) in [6, 6.07) is 18.7. The lowest BCUT2D eigenvalue weighted by Crippen LogP contribution is -2.51. The number of hydrogen-bond acceptors (Lipinski definition) is 4. The Morgan fingerprint density at radius 3 is 2.18 bits per heavy atom. The third-order valence-corrected chi connectivity index (χ3v) is 11.3. The van der Waals surface area contributed by atoms with Gasteiger partial charge in [0.25, 0.3) is 0 Å². The molecule has 206 valence electrons. The summed E-state index contributed by atoms with van der Waals surface area (Å²) in [6.45, 7) is 7.09. The molecule has 0 N–H and O–H groups in total. The van der Waals surface area contributed by atoms with E-state index in [9.17, 15) is 9.59 Å². The summed E-state index contributed by atoms with van der Waals surface area (Å²) < 4.78 is 12.0. The molecule has 3 saturated carbocycles. The van der Waals surface area contributed by atoms with Crippen LogP contribution in [-0.4, -0.2) is 24.1 Å². The molecular formula is C35H42O4. The number of hydrogen-bond donors (Lipinski definition) is 0. The summed E-state index contributed by atoms with van der Waals surface area (Å²) in [6.07, 6.45) is 11.2. The van der Waals surface area contributed by atoms with E-state index in [0.717, 1.165) is 32.1 Å². The smallest absolute Gasteiger partial charge is 0.338 e. The van der Waals surface area contributed by atoms with Gasteiger partial charge in [0, 0.05) is 12.3 Å². The van der Waals surface area contributed by atoms with Crippen LogP contribution in [0.3, 0.4) is 0 Å². The van der Waals surface area contributed by atoms with Crippen LogP contribution in [0.4, 0.5) is 0 Å². The van der Waals surface area contributed by atoms with Gasteiger partial charge < -0.3 is 9.47 Å². The molecule has 0 spiro atoms. The summed E-state index contributed by atoms with van der Waals surface area (Å²) in [5, 5.41) is 0. The molecular weight excluding hydrogens is 484 g/mol. The Labute approximate surface area is 233 Å². The number of carbonyl (C=O) groups excluding carboxylic acids is 2. The standard InChI is InChI=1S/C35H42O4/c1-23(38-32(36)24-10-6-4-7-11-24)29-16-17-30-28-15-14-26-22-27(39-33(37)25-12-8-5-9-13-25)18-20-34(26,2)31(28)19-21-35(29,30)3/h4-14,23,27-31H,15-22H2,1-3H3/t23-,27+,28-,29+,30-,31-,34+,35-/m1/s1. The van der Waals surface area contributed by atoms with E-state index in [1.54, 1.807) is 0 Å². The molecule has 2 aromatic carbocycles. The van der Waals surface area contributed by atoms with Gasteiger partial charge in [-0.15, -0.1) is 0 Å². The fourth-order valence-corrected chi connectivity index (χ4v) is 9.23. The number of esters is 2. The first kappa shape index (κ1) is 26.3. The molecule has 4 nitrogen and oxygen atoms in total. The van der Waals surface area contributed by atoms with Crippen molar-refractivity contribution in [3.63, 3.8) is 0 Å². The van der Waals surface area contributed by atoms with Crippen molar-refractivity contribution in [2.24, 2.45) is 34.5 Å². The van der Waals surface area contributed by atoms with Crippen LogP contribution in [0.25, 0.3) is 0 Å². The zero-order valence-electron chi connectivity index (χ0n) is 23.6. The first-order valence-electron chi connectivity index (χ1n) is 15.0. The van der Waals surface area contributed by atoms with Crippen molar-refractivity contribution in [3.8, 4) is 0 Å². The molecule has 0 radical (unpaired) electrons. The molecule has 0 aromatic heterocycles. The van der Waals surface area contributed by atoms with Crippen LogP contribution in [0.2, 0.25) is 0 Å². The Morgan fingerprint density at radius 1 is 0.821 bits per heavy atom. The molecule has 0 unspecified atom stereocenters.